The molecule has 124 valence electrons. The van der Waals surface area contributed by atoms with Crippen LogP contribution >= 0.6 is 0 Å². The number of imidazole rings is 1. The van der Waals surface area contributed by atoms with Crippen LogP contribution in [0.4, 0.5) is 0 Å². The highest BCUT2D eigenvalue weighted by atomic mass is 15.3. The molecule has 0 spiro atoms. The van der Waals surface area contributed by atoms with E-state index in [0.29, 0.717) is 0 Å². The Kier molecular flexibility index (Phi) is 5.47. The van der Waals surface area contributed by atoms with E-state index in [1.54, 1.807) is 0 Å². The summed E-state index contributed by atoms with van der Waals surface area (Å²) in [6.07, 6.45) is 5.03. The van der Waals surface area contributed by atoms with Gasteiger partial charge in [0.1, 0.15) is 5.82 Å². The van der Waals surface area contributed by atoms with Crippen LogP contribution in [-0.4, -0.2) is 52.1 Å². The Morgan fingerprint density at radius 1 is 1.04 bits per heavy atom. The maximum Gasteiger partial charge on any atom is 0.108 e. The minimum Gasteiger partial charge on any atom is -0.334 e. The fourth-order valence-corrected chi connectivity index (χ4v) is 3.35. The maximum absolute atomic E-state index is 4.40. The molecule has 0 N–H and O–H groups in total. The topological polar surface area (TPSA) is 24.3 Å². The molecule has 3 rings (SSSR count). The largest absolute Gasteiger partial charge is 0.334 e. The lowest BCUT2D eigenvalue weighted by atomic mass is 10.1. The average Bonchev–Trinajstić information content (AvgIpc) is 3.02. The van der Waals surface area contributed by atoms with Gasteiger partial charge in [-0.3, -0.25) is 9.80 Å². The van der Waals surface area contributed by atoms with E-state index in [0.717, 1.165) is 26.1 Å². The van der Waals surface area contributed by atoms with Gasteiger partial charge < -0.3 is 4.57 Å². The van der Waals surface area contributed by atoms with Crippen molar-refractivity contribution in [3.63, 3.8) is 0 Å². The van der Waals surface area contributed by atoms with Gasteiger partial charge in [-0.05, 0) is 12.5 Å². The zero-order valence-electron chi connectivity index (χ0n) is 14.4. The van der Waals surface area contributed by atoms with E-state index >= 15 is 0 Å². The van der Waals surface area contributed by atoms with E-state index in [4.69, 9.17) is 0 Å². The van der Waals surface area contributed by atoms with E-state index in [9.17, 15) is 0 Å². The number of hydrogen-bond acceptors (Lipinski definition) is 3. The molecule has 23 heavy (non-hydrogen) atoms. The summed E-state index contributed by atoms with van der Waals surface area (Å²) in [5.74, 6) is 1.20. The van der Waals surface area contributed by atoms with Gasteiger partial charge in [0.25, 0.3) is 0 Å². The van der Waals surface area contributed by atoms with Crippen molar-refractivity contribution in [2.24, 2.45) is 0 Å². The molecule has 0 unspecified atom stereocenters. The zero-order valence-corrected chi connectivity index (χ0v) is 14.4. The molecule has 0 amide bonds. The Balaban J connectivity index is 1.43. The van der Waals surface area contributed by atoms with Crippen molar-refractivity contribution >= 4 is 0 Å². The Morgan fingerprint density at radius 3 is 2.57 bits per heavy atom. The molecule has 1 saturated heterocycles. The predicted octanol–water partition coefficient (Wildman–Crippen LogP) is 2.57. The first-order valence-electron chi connectivity index (χ1n) is 8.75. The monoisotopic (exact) mass is 312 g/mol. The lowest BCUT2D eigenvalue weighted by Crippen LogP contribution is -2.46. The minimum atomic E-state index is 1.01. The van der Waals surface area contributed by atoms with Crippen molar-refractivity contribution in [1.82, 2.24) is 19.4 Å². The molecular weight excluding hydrogens is 284 g/mol. The summed E-state index contributed by atoms with van der Waals surface area (Å²) in [7, 11) is 0. The number of aryl methyl sites for hydroxylation is 2. The molecule has 2 aromatic rings. The molecule has 1 aromatic heterocycles. The first kappa shape index (κ1) is 16.2. The highest BCUT2D eigenvalue weighted by molar-refractivity contribution is 5.22. The fraction of sp³-hybridized carbons (Fsp3) is 0.526. The van der Waals surface area contributed by atoms with Crippen LogP contribution in [0.5, 0.6) is 0 Å². The molecule has 1 aromatic carbocycles. The van der Waals surface area contributed by atoms with Crippen LogP contribution < -0.4 is 0 Å². The Hall–Kier alpha value is -1.65. The van der Waals surface area contributed by atoms with Crippen molar-refractivity contribution in [2.75, 3.05) is 32.7 Å². The normalized spacial score (nSPS) is 16.8. The van der Waals surface area contributed by atoms with Gasteiger partial charge in [0.05, 0.1) is 0 Å². The molecule has 0 bridgehead atoms. The Bertz CT molecular complexity index is 611. The van der Waals surface area contributed by atoms with Crippen molar-refractivity contribution < 1.29 is 0 Å². The van der Waals surface area contributed by atoms with Crippen LogP contribution in [0, 0.1) is 6.92 Å². The highest BCUT2D eigenvalue weighted by Crippen LogP contribution is 2.10. The Morgan fingerprint density at radius 2 is 1.83 bits per heavy atom. The van der Waals surface area contributed by atoms with Gasteiger partial charge in [0.2, 0.25) is 0 Å². The number of piperazine rings is 1. The second kappa shape index (κ2) is 7.75. The summed E-state index contributed by atoms with van der Waals surface area (Å²) in [5, 5.41) is 0. The molecule has 0 saturated carbocycles. The fourth-order valence-electron chi connectivity index (χ4n) is 3.35. The maximum atomic E-state index is 4.40. The van der Waals surface area contributed by atoms with Crippen molar-refractivity contribution in [3.8, 4) is 0 Å². The van der Waals surface area contributed by atoms with Crippen LogP contribution in [0.1, 0.15) is 23.9 Å². The molecule has 0 radical (unpaired) electrons. The first-order valence-corrected chi connectivity index (χ1v) is 8.75. The van der Waals surface area contributed by atoms with E-state index in [1.807, 2.05) is 6.20 Å². The van der Waals surface area contributed by atoms with E-state index < -0.39 is 0 Å². The predicted molar refractivity (Wildman–Crippen MR) is 94.5 cm³/mol. The number of rotatable bonds is 6. The van der Waals surface area contributed by atoms with Crippen LogP contribution in [0.3, 0.4) is 0 Å². The summed E-state index contributed by atoms with van der Waals surface area (Å²) >= 11 is 0. The van der Waals surface area contributed by atoms with E-state index in [-0.39, 0.29) is 0 Å². The Labute approximate surface area is 139 Å². The number of aromatic nitrogens is 2. The molecule has 4 heteroatoms. The first-order chi connectivity index (χ1) is 11.2. The van der Waals surface area contributed by atoms with Gasteiger partial charge in [-0.2, -0.15) is 0 Å². The van der Waals surface area contributed by atoms with Gasteiger partial charge in [-0.1, -0.05) is 36.8 Å². The molecule has 1 aliphatic heterocycles. The van der Waals surface area contributed by atoms with E-state index in [1.165, 1.54) is 43.1 Å². The molecule has 4 nitrogen and oxygen atoms in total. The smallest absolute Gasteiger partial charge is 0.108 e. The van der Waals surface area contributed by atoms with Gasteiger partial charge in [0.15, 0.2) is 0 Å². The summed E-state index contributed by atoms with van der Waals surface area (Å²) in [6, 6.07) is 8.88. The molecule has 1 aliphatic rings. The van der Waals surface area contributed by atoms with Gasteiger partial charge >= 0.3 is 0 Å². The summed E-state index contributed by atoms with van der Waals surface area (Å²) in [5.41, 5.74) is 2.79. The molecule has 1 fully saturated rings. The van der Waals surface area contributed by atoms with Gasteiger partial charge in [-0.15, -0.1) is 0 Å². The minimum absolute atomic E-state index is 1.01. The van der Waals surface area contributed by atoms with Crippen LogP contribution in [0.15, 0.2) is 36.7 Å². The van der Waals surface area contributed by atoms with Crippen molar-refractivity contribution in [3.05, 3.63) is 53.6 Å². The quantitative estimate of drug-likeness (QED) is 0.819. The molecular formula is C19H28N4. The summed E-state index contributed by atoms with van der Waals surface area (Å²) in [6.45, 7) is 12.3. The number of hydrogen-bond donors (Lipinski definition) is 0. The van der Waals surface area contributed by atoms with Crippen LogP contribution in [0.2, 0.25) is 0 Å². The van der Waals surface area contributed by atoms with Crippen molar-refractivity contribution in [2.45, 2.75) is 33.4 Å². The lowest BCUT2D eigenvalue weighted by Gasteiger charge is -2.34. The third kappa shape index (κ3) is 4.43. The molecule has 0 aliphatic carbocycles. The summed E-state index contributed by atoms with van der Waals surface area (Å²) < 4.78 is 2.29. The lowest BCUT2D eigenvalue weighted by molar-refractivity contribution is 0.124. The van der Waals surface area contributed by atoms with Crippen molar-refractivity contribution in [1.29, 1.82) is 0 Å². The second-order valence-electron chi connectivity index (χ2n) is 6.50. The third-order valence-electron chi connectivity index (χ3n) is 4.73. The van der Waals surface area contributed by atoms with Crippen LogP contribution in [0.25, 0.3) is 0 Å². The second-order valence-corrected chi connectivity index (χ2v) is 6.50. The van der Waals surface area contributed by atoms with E-state index in [2.05, 4.69) is 63.7 Å². The third-order valence-corrected chi connectivity index (χ3v) is 4.73. The average molecular weight is 312 g/mol. The van der Waals surface area contributed by atoms with Gasteiger partial charge in [0, 0.05) is 64.6 Å². The van der Waals surface area contributed by atoms with Gasteiger partial charge in [-0.25, -0.2) is 4.98 Å². The SMILES string of the molecule is CCc1nccn1CCN1CCN(Cc2cccc(C)c2)CC1. The molecule has 0 atom stereocenters. The van der Waals surface area contributed by atoms with Crippen LogP contribution in [-0.2, 0) is 19.5 Å². The highest BCUT2D eigenvalue weighted by Gasteiger charge is 2.17. The number of nitrogens with zero attached hydrogens (tertiary/aromatic N) is 4. The zero-order chi connectivity index (χ0) is 16.1. The number of benzene rings is 1. The molecule has 2 heterocycles. The summed E-state index contributed by atoms with van der Waals surface area (Å²) in [4.78, 5) is 9.55. The standard InChI is InChI=1S/C19H28N4/c1-3-19-20-7-8-23(19)14-13-21-9-11-22(12-10-21)16-18-6-4-5-17(2)15-18/h4-8,15H,3,9-14,16H2,1-2H3.